The van der Waals surface area contributed by atoms with Gasteiger partial charge in [-0.3, -0.25) is 9.48 Å². The number of nitrogens with two attached hydrogens (primary N) is 2. The molecule has 5 nitrogen and oxygen atoms in total. The quantitative estimate of drug-likeness (QED) is 0.897. The first kappa shape index (κ1) is 13.8. The zero-order valence-corrected chi connectivity index (χ0v) is 11.6. The minimum absolute atomic E-state index is 0.0182. The lowest BCUT2D eigenvalue weighted by Crippen LogP contribution is -2.23. The summed E-state index contributed by atoms with van der Waals surface area (Å²) in [6, 6.07) is 6.10. The van der Waals surface area contributed by atoms with E-state index in [1.807, 2.05) is 0 Å². The van der Waals surface area contributed by atoms with Crippen LogP contribution in [-0.2, 0) is 17.8 Å². The molecule has 0 spiro atoms. The summed E-state index contributed by atoms with van der Waals surface area (Å²) < 4.78 is 15.1. The van der Waals surface area contributed by atoms with Crippen LogP contribution in [0.4, 0.5) is 4.39 Å². The fraction of sp³-hybridized carbons (Fsp3) is 0.333. The smallest absolute Gasteiger partial charge is 0.239 e. The third kappa shape index (κ3) is 2.54. The van der Waals surface area contributed by atoms with Crippen LogP contribution in [-0.4, -0.2) is 15.7 Å². The van der Waals surface area contributed by atoms with Crippen molar-refractivity contribution in [3.8, 4) is 11.3 Å². The summed E-state index contributed by atoms with van der Waals surface area (Å²) in [7, 11) is 0. The lowest BCUT2D eigenvalue weighted by Gasteiger charge is -2.20. The zero-order valence-electron chi connectivity index (χ0n) is 11.6. The SMILES string of the molecule is NC(=O)Cn1nc(-c2cccc(F)c2)c2c1CCCC2N. The Kier molecular flexibility index (Phi) is 3.47. The fourth-order valence-electron chi connectivity index (χ4n) is 2.93. The number of hydrogen-bond donors (Lipinski definition) is 2. The molecule has 1 atom stereocenters. The van der Waals surface area contributed by atoms with Crippen LogP contribution in [0, 0.1) is 5.82 Å². The van der Waals surface area contributed by atoms with Crippen LogP contribution >= 0.6 is 0 Å². The Bertz CT molecular complexity index is 695. The molecule has 1 amide bonds. The molecule has 1 aromatic carbocycles. The number of nitrogens with zero attached hydrogens (tertiary/aromatic N) is 2. The van der Waals surface area contributed by atoms with Gasteiger partial charge < -0.3 is 11.5 Å². The molecule has 1 aromatic heterocycles. The molecule has 6 heteroatoms. The van der Waals surface area contributed by atoms with Gasteiger partial charge in [-0.25, -0.2) is 4.39 Å². The number of halogens is 1. The van der Waals surface area contributed by atoms with Crippen molar-refractivity contribution in [2.45, 2.75) is 31.8 Å². The van der Waals surface area contributed by atoms with E-state index >= 15 is 0 Å². The minimum Gasteiger partial charge on any atom is -0.368 e. The first-order valence-corrected chi connectivity index (χ1v) is 6.95. The van der Waals surface area contributed by atoms with Crippen LogP contribution < -0.4 is 11.5 Å². The molecule has 0 fully saturated rings. The van der Waals surface area contributed by atoms with Crippen molar-refractivity contribution in [3.05, 3.63) is 41.3 Å². The van der Waals surface area contributed by atoms with Crippen molar-refractivity contribution < 1.29 is 9.18 Å². The minimum atomic E-state index is -0.453. The van der Waals surface area contributed by atoms with Gasteiger partial charge in [-0.15, -0.1) is 0 Å². The van der Waals surface area contributed by atoms with Gasteiger partial charge in [0.05, 0.1) is 5.69 Å². The molecular formula is C15H17FN4O. The molecule has 4 N–H and O–H groups in total. The summed E-state index contributed by atoms with van der Waals surface area (Å²) in [6.45, 7) is 0.0182. The number of carbonyl (C=O) groups excluding carboxylic acids is 1. The molecule has 110 valence electrons. The van der Waals surface area contributed by atoms with Gasteiger partial charge in [-0.1, -0.05) is 12.1 Å². The Balaban J connectivity index is 2.16. The van der Waals surface area contributed by atoms with Gasteiger partial charge in [-0.05, 0) is 31.4 Å². The highest BCUT2D eigenvalue weighted by molar-refractivity contribution is 5.74. The number of rotatable bonds is 3. The highest BCUT2D eigenvalue weighted by Crippen LogP contribution is 2.36. The van der Waals surface area contributed by atoms with Gasteiger partial charge in [0, 0.05) is 22.9 Å². The molecule has 1 unspecified atom stereocenters. The number of carbonyl (C=O) groups is 1. The highest BCUT2D eigenvalue weighted by atomic mass is 19.1. The molecule has 2 aromatic rings. The Labute approximate surface area is 121 Å². The van der Waals surface area contributed by atoms with E-state index < -0.39 is 5.91 Å². The predicted octanol–water partition coefficient (Wildman–Crippen LogP) is 1.51. The Morgan fingerprint density at radius 3 is 3.00 bits per heavy atom. The first-order valence-electron chi connectivity index (χ1n) is 6.95. The summed E-state index contributed by atoms with van der Waals surface area (Å²) in [6.07, 6.45) is 2.61. The second-order valence-corrected chi connectivity index (χ2v) is 5.34. The number of benzene rings is 1. The average molecular weight is 288 g/mol. The largest absolute Gasteiger partial charge is 0.368 e. The lowest BCUT2D eigenvalue weighted by molar-refractivity contribution is -0.118. The van der Waals surface area contributed by atoms with Gasteiger partial charge in [0.2, 0.25) is 5.91 Å². The van der Waals surface area contributed by atoms with Crippen molar-refractivity contribution in [2.75, 3.05) is 0 Å². The van der Waals surface area contributed by atoms with Crippen LogP contribution in [0.5, 0.6) is 0 Å². The van der Waals surface area contributed by atoms with Crippen LogP contribution in [0.2, 0.25) is 0 Å². The number of aromatic nitrogens is 2. The Morgan fingerprint density at radius 1 is 1.48 bits per heavy atom. The van der Waals surface area contributed by atoms with Gasteiger partial charge in [0.25, 0.3) is 0 Å². The van der Waals surface area contributed by atoms with Gasteiger partial charge in [0.15, 0.2) is 0 Å². The van der Waals surface area contributed by atoms with Crippen molar-refractivity contribution in [2.24, 2.45) is 11.5 Å². The molecule has 1 heterocycles. The van der Waals surface area contributed by atoms with Crippen LogP contribution in [0.1, 0.15) is 30.1 Å². The van der Waals surface area contributed by atoms with E-state index in [4.69, 9.17) is 11.5 Å². The van der Waals surface area contributed by atoms with Gasteiger partial charge >= 0.3 is 0 Å². The normalized spacial score (nSPS) is 17.5. The van der Waals surface area contributed by atoms with Crippen LogP contribution in [0.25, 0.3) is 11.3 Å². The molecule has 0 saturated carbocycles. The summed E-state index contributed by atoms with van der Waals surface area (Å²) in [5.41, 5.74) is 14.6. The zero-order chi connectivity index (χ0) is 15.0. The summed E-state index contributed by atoms with van der Waals surface area (Å²) in [5.74, 6) is -0.777. The van der Waals surface area contributed by atoms with Gasteiger partial charge in [0.1, 0.15) is 12.4 Å². The molecule has 0 radical (unpaired) electrons. The highest BCUT2D eigenvalue weighted by Gasteiger charge is 2.27. The van der Waals surface area contributed by atoms with Crippen molar-refractivity contribution >= 4 is 5.91 Å². The van der Waals surface area contributed by atoms with E-state index in [2.05, 4.69) is 5.10 Å². The maximum absolute atomic E-state index is 13.5. The van der Waals surface area contributed by atoms with Crippen molar-refractivity contribution in [1.82, 2.24) is 9.78 Å². The predicted molar refractivity (Wildman–Crippen MR) is 76.7 cm³/mol. The van der Waals surface area contributed by atoms with E-state index in [0.29, 0.717) is 11.3 Å². The monoisotopic (exact) mass is 288 g/mol. The van der Waals surface area contributed by atoms with E-state index in [-0.39, 0.29) is 18.4 Å². The molecule has 1 aliphatic rings. The third-order valence-electron chi connectivity index (χ3n) is 3.80. The summed E-state index contributed by atoms with van der Waals surface area (Å²) >= 11 is 0. The fourth-order valence-corrected chi connectivity index (χ4v) is 2.93. The number of primary amides is 1. The maximum atomic E-state index is 13.5. The molecule has 21 heavy (non-hydrogen) atoms. The maximum Gasteiger partial charge on any atom is 0.239 e. The second kappa shape index (κ2) is 5.29. The standard InChI is InChI=1S/C15H17FN4O/c16-10-4-1-3-9(7-10)15-14-11(17)5-2-6-12(14)20(19-15)8-13(18)21/h1,3-4,7,11H,2,5-6,8,17H2,(H2,18,21). The molecule has 0 aliphatic heterocycles. The number of hydrogen-bond acceptors (Lipinski definition) is 3. The molecule has 3 rings (SSSR count). The molecule has 0 bridgehead atoms. The molecule has 0 saturated heterocycles. The molecule has 1 aliphatic carbocycles. The lowest BCUT2D eigenvalue weighted by atomic mass is 9.89. The summed E-state index contributed by atoms with van der Waals surface area (Å²) in [4.78, 5) is 11.2. The average Bonchev–Trinajstić information content (AvgIpc) is 2.78. The first-order chi connectivity index (χ1) is 10.1. The third-order valence-corrected chi connectivity index (χ3v) is 3.80. The number of fused-ring (bicyclic) bond motifs is 1. The molecular weight excluding hydrogens is 271 g/mol. The van der Waals surface area contributed by atoms with Crippen LogP contribution in [0.3, 0.4) is 0 Å². The topological polar surface area (TPSA) is 86.9 Å². The Hall–Kier alpha value is -2.21. The van der Waals surface area contributed by atoms with Crippen LogP contribution in [0.15, 0.2) is 24.3 Å². The Morgan fingerprint density at radius 2 is 2.29 bits per heavy atom. The summed E-state index contributed by atoms with van der Waals surface area (Å²) in [5, 5.41) is 4.46. The van der Waals surface area contributed by atoms with Crippen molar-refractivity contribution in [3.63, 3.8) is 0 Å². The van der Waals surface area contributed by atoms with E-state index in [0.717, 1.165) is 30.5 Å². The number of amides is 1. The van der Waals surface area contributed by atoms with Crippen molar-refractivity contribution in [1.29, 1.82) is 0 Å². The van der Waals surface area contributed by atoms with Gasteiger partial charge in [-0.2, -0.15) is 5.10 Å². The van der Waals surface area contributed by atoms with E-state index in [1.165, 1.54) is 12.1 Å². The van der Waals surface area contributed by atoms with E-state index in [9.17, 15) is 9.18 Å². The van der Waals surface area contributed by atoms with E-state index in [1.54, 1.807) is 16.8 Å². The second-order valence-electron chi connectivity index (χ2n) is 5.34.